The van der Waals surface area contributed by atoms with Crippen molar-refractivity contribution in [1.29, 1.82) is 0 Å². The summed E-state index contributed by atoms with van der Waals surface area (Å²) in [4.78, 5) is 0. The number of fused-ring (bicyclic) bond motifs is 1. The van der Waals surface area contributed by atoms with Gasteiger partial charge in [-0.3, -0.25) is 0 Å². The first-order chi connectivity index (χ1) is 9.81. The van der Waals surface area contributed by atoms with Crippen LogP contribution in [0.25, 0.3) is 0 Å². The number of para-hydroxylation sites is 1. The average Bonchev–Trinajstić information content (AvgIpc) is 2.97. The van der Waals surface area contributed by atoms with Crippen LogP contribution in [0.1, 0.15) is 42.1 Å². The van der Waals surface area contributed by atoms with Gasteiger partial charge >= 0.3 is 0 Å². The van der Waals surface area contributed by atoms with Crippen molar-refractivity contribution in [2.24, 2.45) is 0 Å². The molecule has 0 radical (unpaired) electrons. The highest BCUT2D eigenvalue weighted by Gasteiger charge is 2.26. The minimum absolute atomic E-state index is 0.104. The van der Waals surface area contributed by atoms with E-state index >= 15 is 0 Å². The Kier molecular flexibility index (Phi) is 3.75. The fourth-order valence-electron chi connectivity index (χ4n) is 3.03. The van der Waals surface area contributed by atoms with E-state index in [0.29, 0.717) is 0 Å². The van der Waals surface area contributed by atoms with Gasteiger partial charge in [0.05, 0.1) is 12.7 Å². The lowest BCUT2D eigenvalue weighted by Crippen LogP contribution is -2.11. The van der Waals surface area contributed by atoms with Gasteiger partial charge in [0.25, 0.3) is 0 Å². The molecule has 2 aromatic rings. The third kappa shape index (κ3) is 2.32. The van der Waals surface area contributed by atoms with Gasteiger partial charge < -0.3 is 9.84 Å². The maximum Gasteiger partial charge on any atom is 0.128 e. The van der Waals surface area contributed by atoms with Crippen LogP contribution in [-0.2, 0) is 6.42 Å². The smallest absolute Gasteiger partial charge is 0.128 e. The van der Waals surface area contributed by atoms with Crippen LogP contribution in [0, 0.1) is 0 Å². The molecular weight excluding hydrogens is 248 g/mol. The van der Waals surface area contributed by atoms with Gasteiger partial charge in [-0.05, 0) is 17.5 Å². The first kappa shape index (κ1) is 13.2. The monoisotopic (exact) mass is 268 g/mol. The van der Waals surface area contributed by atoms with Crippen molar-refractivity contribution in [1.82, 2.24) is 0 Å². The molecule has 104 valence electrons. The molecule has 2 aromatic carbocycles. The summed E-state index contributed by atoms with van der Waals surface area (Å²) in [6, 6.07) is 16.3. The van der Waals surface area contributed by atoms with Crippen molar-refractivity contribution in [3.8, 4) is 5.75 Å². The molecule has 0 aromatic heterocycles. The number of hydrogen-bond donors (Lipinski definition) is 1. The highest BCUT2D eigenvalue weighted by molar-refractivity contribution is 5.46. The number of aliphatic hydroxyl groups excluding tert-OH is 1. The summed E-state index contributed by atoms with van der Waals surface area (Å²) in [5, 5.41) is 10.8. The zero-order valence-electron chi connectivity index (χ0n) is 11.8. The molecule has 1 N–H and O–H groups in total. The summed E-state index contributed by atoms with van der Waals surface area (Å²) in [7, 11) is 0. The summed E-state index contributed by atoms with van der Waals surface area (Å²) in [6.07, 6.45) is 1.32. The van der Waals surface area contributed by atoms with Crippen molar-refractivity contribution < 1.29 is 9.84 Å². The molecule has 0 bridgehead atoms. The van der Waals surface area contributed by atoms with Gasteiger partial charge in [0.15, 0.2) is 0 Å². The molecule has 1 heterocycles. The summed E-state index contributed by atoms with van der Waals surface area (Å²) in [5.74, 6) is 1.00. The number of rotatable bonds is 4. The second kappa shape index (κ2) is 5.68. The Morgan fingerprint density at radius 2 is 1.90 bits per heavy atom. The third-order valence-electron chi connectivity index (χ3n) is 4.11. The van der Waals surface area contributed by atoms with Crippen LogP contribution in [-0.4, -0.2) is 11.7 Å². The fourth-order valence-corrected chi connectivity index (χ4v) is 3.03. The molecule has 2 nitrogen and oxygen atoms in total. The second-order valence-electron chi connectivity index (χ2n) is 5.30. The Hall–Kier alpha value is -1.80. The Morgan fingerprint density at radius 3 is 2.65 bits per heavy atom. The van der Waals surface area contributed by atoms with Gasteiger partial charge in [-0.25, -0.2) is 0 Å². The molecule has 0 saturated heterocycles. The van der Waals surface area contributed by atoms with Crippen molar-refractivity contribution in [2.45, 2.75) is 31.8 Å². The molecule has 2 heteroatoms. The largest absolute Gasteiger partial charge is 0.493 e. The third-order valence-corrected chi connectivity index (χ3v) is 4.11. The van der Waals surface area contributed by atoms with Gasteiger partial charge in [0.2, 0.25) is 0 Å². The molecule has 0 fully saturated rings. The molecule has 0 aliphatic carbocycles. The molecule has 1 aliphatic heterocycles. The predicted octanol–water partition coefficient (Wildman–Crippen LogP) is 3.85. The molecule has 0 spiro atoms. The number of hydrogen-bond acceptors (Lipinski definition) is 2. The van der Waals surface area contributed by atoms with Crippen molar-refractivity contribution in [3.63, 3.8) is 0 Å². The van der Waals surface area contributed by atoms with E-state index in [2.05, 4.69) is 25.1 Å². The molecule has 3 rings (SSSR count). The zero-order chi connectivity index (χ0) is 13.9. The van der Waals surface area contributed by atoms with Crippen LogP contribution in [0.3, 0.4) is 0 Å². The number of ether oxygens (including phenoxy) is 1. The lowest BCUT2D eigenvalue weighted by Gasteiger charge is -2.24. The Morgan fingerprint density at radius 1 is 1.10 bits per heavy atom. The minimum Gasteiger partial charge on any atom is -0.493 e. The van der Waals surface area contributed by atoms with E-state index in [1.807, 2.05) is 30.3 Å². The van der Waals surface area contributed by atoms with E-state index < -0.39 is 6.10 Å². The van der Waals surface area contributed by atoms with Gasteiger partial charge in [-0.15, -0.1) is 0 Å². The SMILES string of the molecule is CCC(c1ccccc1)C(O)c1cccc2c1OCC2. The summed E-state index contributed by atoms with van der Waals surface area (Å²) >= 11 is 0. The highest BCUT2D eigenvalue weighted by atomic mass is 16.5. The lowest BCUT2D eigenvalue weighted by molar-refractivity contribution is 0.138. The minimum atomic E-state index is -0.518. The zero-order valence-corrected chi connectivity index (χ0v) is 11.8. The first-order valence-corrected chi connectivity index (χ1v) is 7.29. The summed E-state index contributed by atoms with van der Waals surface area (Å²) < 4.78 is 5.72. The van der Waals surface area contributed by atoms with Crippen molar-refractivity contribution in [2.75, 3.05) is 6.61 Å². The second-order valence-corrected chi connectivity index (χ2v) is 5.30. The molecule has 0 amide bonds. The van der Waals surface area contributed by atoms with E-state index in [-0.39, 0.29) is 5.92 Å². The van der Waals surface area contributed by atoms with Crippen LogP contribution in [0.15, 0.2) is 48.5 Å². The predicted molar refractivity (Wildman–Crippen MR) is 80.1 cm³/mol. The number of aliphatic hydroxyl groups is 1. The molecule has 1 aliphatic rings. The standard InChI is InChI=1S/C18H20O2/c1-2-15(13-7-4-3-5-8-13)17(19)16-10-6-9-14-11-12-20-18(14)16/h3-10,15,17,19H,2,11-12H2,1H3. The Labute approximate surface area is 120 Å². The van der Waals surface area contributed by atoms with Gasteiger partial charge in [-0.1, -0.05) is 55.5 Å². The van der Waals surface area contributed by atoms with E-state index in [0.717, 1.165) is 30.8 Å². The molecular formula is C18H20O2. The Balaban J connectivity index is 1.95. The molecule has 2 unspecified atom stereocenters. The maximum atomic E-state index is 10.8. The van der Waals surface area contributed by atoms with E-state index in [9.17, 15) is 5.11 Å². The van der Waals surface area contributed by atoms with Crippen LogP contribution >= 0.6 is 0 Å². The normalized spacial score (nSPS) is 16.3. The highest BCUT2D eigenvalue weighted by Crippen LogP contribution is 2.40. The van der Waals surface area contributed by atoms with Crippen LogP contribution in [0.4, 0.5) is 0 Å². The van der Waals surface area contributed by atoms with Crippen LogP contribution in [0.5, 0.6) is 5.75 Å². The van der Waals surface area contributed by atoms with Crippen molar-refractivity contribution >= 4 is 0 Å². The summed E-state index contributed by atoms with van der Waals surface area (Å²) in [5.41, 5.74) is 3.32. The summed E-state index contributed by atoms with van der Waals surface area (Å²) in [6.45, 7) is 2.84. The lowest BCUT2D eigenvalue weighted by atomic mass is 9.86. The molecule has 20 heavy (non-hydrogen) atoms. The topological polar surface area (TPSA) is 29.5 Å². The van der Waals surface area contributed by atoms with E-state index in [1.165, 1.54) is 11.1 Å². The van der Waals surface area contributed by atoms with Gasteiger partial charge in [-0.2, -0.15) is 0 Å². The molecule has 2 atom stereocenters. The average molecular weight is 268 g/mol. The van der Waals surface area contributed by atoms with Gasteiger partial charge in [0, 0.05) is 17.9 Å². The quantitative estimate of drug-likeness (QED) is 0.912. The van der Waals surface area contributed by atoms with Gasteiger partial charge in [0.1, 0.15) is 5.75 Å². The molecule has 0 saturated carbocycles. The van der Waals surface area contributed by atoms with Crippen LogP contribution < -0.4 is 4.74 Å². The Bertz CT molecular complexity index is 577. The van der Waals surface area contributed by atoms with Crippen molar-refractivity contribution in [3.05, 3.63) is 65.2 Å². The maximum absolute atomic E-state index is 10.8. The number of benzene rings is 2. The first-order valence-electron chi connectivity index (χ1n) is 7.29. The van der Waals surface area contributed by atoms with E-state index in [4.69, 9.17) is 4.74 Å². The fraction of sp³-hybridized carbons (Fsp3) is 0.333. The van der Waals surface area contributed by atoms with E-state index in [1.54, 1.807) is 0 Å². The van der Waals surface area contributed by atoms with Crippen LogP contribution in [0.2, 0.25) is 0 Å².